The molecule has 1 fully saturated rings. The minimum absolute atomic E-state index is 0.148. The lowest BCUT2D eigenvalue weighted by molar-refractivity contribution is 0.154. The summed E-state index contributed by atoms with van der Waals surface area (Å²) in [7, 11) is -4.40. The van der Waals surface area contributed by atoms with Crippen LogP contribution >= 0.6 is 0 Å². The maximum atomic E-state index is 12.4. The van der Waals surface area contributed by atoms with Gasteiger partial charge in [-0.3, -0.25) is 0 Å². The van der Waals surface area contributed by atoms with E-state index in [2.05, 4.69) is 0 Å². The predicted octanol–water partition coefficient (Wildman–Crippen LogP) is 2.15. The van der Waals surface area contributed by atoms with Crippen LogP contribution in [0.4, 0.5) is 8.78 Å². The zero-order valence-electron chi connectivity index (χ0n) is 9.86. The summed E-state index contributed by atoms with van der Waals surface area (Å²) < 4.78 is 48.6. The van der Waals surface area contributed by atoms with Crippen molar-refractivity contribution < 1.29 is 17.2 Å². The van der Waals surface area contributed by atoms with Crippen molar-refractivity contribution >= 4 is 10.0 Å². The molecule has 0 N–H and O–H groups in total. The number of alkyl halides is 2. The van der Waals surface area contributed by atoms with Crippen LogP contribution in [0, 0.1) is 17.8 Å². The third-order valence-corrected chi connectivity index (χ3v) is 4.65. The fourth-order valence-electron chi connectivity index (χ4n) is 2.15. The van der Waals surface area contributed by atoms with E-state index in [1.54, 1.807) is 0 Å². The molecular weight excluding hydrogens is 236 g/mol. The summed E-state index contributed by atoms with van der Waals surface area (Å²) in [5.41, 5.74) is 0. The first-order valence-corrected chi connectivity index (χ1v) is 7.02. The summed E-state index contributed by atoms with van der Waals surface area (Å²) in [5, 5.41) is 0. The Hall–Kier alpha value is -0.230. The molecule has 0 amide bonds. The van der Waals surface area contributed by atoms with Gasteiger partial charge < -0.3 is 0 Å². The Balaban J connectivity index is 2.83. The first-order chi connectivity index (χ1) is 7.25. The van der Waals surface area contributed by atoms with Gasteiger partial charge in [0.25, 0.3) is 10.0 Å². The molecule has 0 spiro atoms. The molecule has 2 unspecified atom stereocenters. The molecule has 16 heavy (non-hydrogen) atoms. The van der Waals surface area contributed by atoms with E-state index in [9.17, 15) is 17.2 Å². The van der Waals surface area contributed by atoms with Crippen LogP contribution in [-0.2, 0) is 10.0 Å². The average Bonchev–Trinajstić information content (AvgIpc) is 2.16. The van der Waals surface area contributed by atoms with Gasteiger partial charge in [-0.05, 0) is 24.2 Å². The molecule has 1 heterocycles. The van der Waals surface area contributed by atoms with Crippen LogP contribution in [0.2, 0.25) is 0 Å². The normalized spacial score (nSPS) is 28.9. The van der Waals surface area contributed by atoms with Gasteiger partial charge in [0.05, 0.1) is 0 Å². The van der Waals surface area contributed by atoms with E-state index in [-0.39, 0.29) is 24.9 Å². The summed E-state index contributed by atoms with van der Waals surface area (Å²) in [6.45, 7) is 6.35. The quantitative estimate of drug-likeness (QED) is 0.775. The number of hydrogen-bond acceptors (Lipinski definition) is 2. The minimum Gasteiger partial charge on any atom is -0.206 e. The Labute approximate surface area is 95.9 Å². The first-order valence-electron chi connectivity index (χ1n) is 5.52. The molecule has 0 bridgehead atoms. The number of hydrogen-bond donors (Lipinski definition) is 0. The number of sulfonamides is 1. The van der Waals surface area contributed by atoms with Crippen molar-refractivity contribution in [2.75, 3.05) is 13.1 Å². The SMILES string of the molecule is CC1CC(C(C)C)CN(S(=O)(=O)C(F)F)C1. The van der Waals surface area contributed by atoms with Crippen LogP contribution < -0.4 is 0 Å². The van der Waals surface area contributed by atoms with Crippen LogP contribution in [-0.4, -0.2) is 31.6 Å². The van der Waals surface area contributed by atoms with Gasteiger partial charge in [-0.15, -0.1) is 0 Å². The number of nitrogens with zero attached hydrogens (tertiary/aromatic N) is 1. The molecule has 96 valence electrons. The molecule has 0 aromatic heterocycles. The Morgan fingerprint density at radius 1 is 1.25 bits per heavy atom. The molecule has 0 aromatic rings. The van der Waals surface area contributed by atoms with Gasteiger partial charge >= 0.3 is 5.76 Å². The molecule has 0 saturated carbocycles. The van der Waals surface area contributed by atoms with Crippen molar-refractivity contribution in [1.82, 2.24) is 4.31 Å². The van der Waals surface area contributed by atoms with Gasteiger partial charge in [0, 0.05) is 13.1 Å². The van der Waals surface area contributed by atoms with Gasteiger partial charge in [-0.2, -0.15) is 13.1 Å². The van der Waals surface area contributed by atoms with Crippen molar-refractivity contribution in [3.8, 4) is 0 Å². The van der Waals surface area contributed by atoms with Crippen LogP contribution in [0.1, 0.15) is 27.2 Å². The average molecular weight is 255 g/mol. The van der Waals surface area contributed by atoms with Gasteiger partial charge in [0.1, 0.15) is 0 Å². The lowest BCUT2D eigenvalue weighted by Crippen LogP contribution is -2.46. The number of rotatable bonds is 3. The van der Waals surface area contributed by atoms with Crippen LogP contribution in [0.5, 0.6) is 0 Å². The van der Waals surface area contributed by atoms with Gasteiger partial charge in [-0.25, -0.2) is 8.42 Å². The third-order valence-electron chi connectivity index (χ3n) is 3.19. The summed E-state index contributed by atoms with van der Waals surface area (Å²) in [5.74, 6) is -2.66. The van der Waals surface area contributed by atoms with Crippen molar-refractivity contribution in [3.05, 3.63) is 0 Å². The second kappa shape index (κ2) is 4.96. The minimum atomic E-state index is -4.40. The van der Waals surface area contributed by atoms with Crippen molar-refractivity contribution in [2.45, 2.75) is 32.9 Å². The molecular formula is C10H19F2NO2S. The fourth-order valence-corrected chi connectivity index (χ4v) is 3.24. The van der Waals surface area contributed by atoms with E-state index in [0.29, 0.717) is 5.92 Å². The first kappa shape index (κ1) is 13.8. The van der Waals surface area contributed by atoms with E-state index in [0.717, 1.165) is 10.7 Å². The van der Waals surface area contributed by atoms with E-state index in [1.165, 1.54) is 0 Å². The van der Waals surface area contributed by atoms with Crippen molar-refractivity contribution in [3.63, 3.8) is 0 Å². The van der Waals surface area contributed by atoms with E-state index in [1.807, 2.05) is 20.8 Å². The summed E-state index contributed by atoms with van der Waals surface area (Å²) in [6.07, 6.45) is 0.910. The number of halogens is 2. The van der Waals surface area contributed by atoms with Crippen LogP contribution in [0.15, 0.2) is 0 Å². The second-order valence-corrected chi connectivity index (χ2v) is 6.87. The lowest BCUT2D eigenvalue weighted by atomic mass is 9.84. The summed E-state index contributed by atoms with van der Waals surface area (Å²) >= 11 is 0. The Morgan fingerprint density at radius 3 is 2.25 bits per heavy atom. The molecule has 1 rings (SSSR count). The van der Waals surface area contributed by atoms with Crippen LogP contribution in [0.3, 0.4) is 0 Å². The predicted molar refractivity (Wildman–Crippen MR) is 58.6 cm³/mol. The maximum Gasteiger partial charge on any atom is 0.350 e. The van der Waals surface area contributed by atoms with E-state index < -0.39 is 15.8 Å². The maximum absolute atomic E-state index is 12.4. The molecule has 6 heteroatoms. The smallest absolute Gasteiger partial charge is 0.206 e. The van der Waals surface area contributed by atoms with E-state index in [4.69, 9.17) is 0 Å². The zero-order valence-corrected chi connectivity index (χ0v) is 10.7. The molecule has 0 aromatic carbocycles. The number of piperidine rings is 1. The highest BCUT2D eigenvalue weighted by Gasteiger charge is 2.38. The summed E-state index contributed by atoms with van der Waals surface area (Å²) in [4.78, 5) is 0. The standard InChI is InChI=1S/C10H19F2NO2S/c1-7(2)9-4-8(3)5-13(6-9)16(14,15)10(11)12/h7-10H,4-6H2,1-3H3. The zero-order chi connectivity index (χ0) is 12.5. The highest BCUT2D eigenvalue weighted by molar-refractivity contribution is 7.89. The third kappa shape index (κ3) is 2.91. The lowest BCUT2D eigenvalue weighted by Gasteiger charge is -2.37. The molecule has 2 atom stereocenters. The Bertz CT molecular complexity index is 330. The van der Waals surface area contributed by atoms with Gasteiger partial charge in [-0.1, -0.05) is 20.8 Å². The molecule has 1 aliphatic rings. The topological polar surface area (TPSA) is 37.4 Å². The highest BCUT2D eigenvalue weighted by atomic mass is 32.2. The van der Waals surface area contributed by atoms with E-state index >= 15 is 0 Å². The van der Waals surface area contributed by atoms with Gasteiger partial charge in [0.15, 0.2) is 0 Å². The summed E-state index contributed by atoms with van der Waals surface area (Å²) in [6, 6.07) is 0. The molecule has 0 radical (unpaired) electrons. The van der Waals surface area contributed by atoms with Crippen LogP contribution in [0.25, 0.3) is 0 Å². The van der Waals surface area contributed by atoms with Crippen molar-refractivity contribution in [2.24, 2.45) is 17.8 Å². The van der Waals surface area contributed by atoms with Crippen molar-refractivity contribution in [1.29, 1.82) is 0 Å². The largest absolute Gasteiger partial charge is 0.350 e. The fraction of sp³-hybridized carbons (Fsp3) is 1.00. The molecule has 1 aliphatic heterocycles. The monoisotopic (exact) mass is 255 g/mol. The Morgan fingerprint density at radius 2 is 1.81 bits per heavy atom. The highest BCUT2D eigenvalue weighted by Crippen LogP contribution is 2.30. The second-order valence-electron chi connectivity index (χ2n) is 4.97. The Kier molecular flexibility index (Phi) is 4.29. The molecule has 0 aliphatic carbocycles. The molecule has 1 saturated heterocycles. The van der Waals surface area contributed by atoms with Gasteiger partial charge in [0.2, 0.25) is 0 Å². The molecule has 3 nitrogen and oxygen atoms in total.